The number of thioether (sulfide) groups is 1. The zero-order valence-electron chi connectivity index (χ0n) is 13.1. The van der Waals surface area contributed by atoms with E-state index in [-0.39, 0.29) is 22.2 Å². The van der Waals surface area contributed by atoms with E-state index in [2.05, 4.69) is 22.0 Å². The molecule has 2 aliphatic heterocycles. The number of β-lactam (4-membered cyclic amide) rings is 1. The molecule has 3 heterocycles. The Morgan fingerprint density at radius 3 is 2.81 bits per heavy atom. The van der Waals surface area contributed by atoms with E-state index in [9.17, 15) is 19.5 Å². The number of allylic oxidation sites excluding steroid dienone is 1. The molecule has 10 nitrogen and oxygen atoms in total. The number of carboxylic acids is 1. The van der Waals surface area contributed by atoms with Gasteiger partial charge in [-0.3, -0.25) is 14.5 Å². The molecule has 2 atom stereocenters. The highest BCUT2D eigenvalue weighted by Crippen LogP contribution is 2.40. The third-order valence-corrected chi connectivity index (χ3v) is 5.79. The highest BCUT2D eigenvalue weighted by molar-refractivity contribution is 8.00. The first kappa shape index (κ1) is 17.9. The molecule has 0 bridgehead atoms. The summed E-state index contributed by atoms with van der Waals surface area (Å²) in [5, 5.41) is 24.9. The molecule has 12 heteroatoms. The van der Waals surface area contributed by atoms with E-state index < -0.39 is 29.2 Å². The number of aliphatic carboxylic acids is 1. The van der Waals surface area contributed by atoms with Crippen LogP contribution in [-0.4, -0.2) is 60.9 Å². The number of nitrogens with zero attached hydrogens (tertiary/aromatic N) is 3. The van der Waals surface area contributed by atoms with Gasteiger partial charge in [0, 0.05) is 11.1 Å². The number of nitrogens with two attached hydrogens (primary N) is 1. The first-order chi connectivity index (χ1) is 12.4. The Bertz CT molecular complexity index is 877. The third kappa shape index (κ3) is 2.82. The first-order valence-corrected chi connectivity index (χ1v) is 9.09. The number of hydrogen-bond donors (Lipinski definition) is 4. The largest absolute Gasteiger partial charge is 0.477 e. The molecule has 2 amide bonds. The number of nitrogen functional groups attached to an aromatic ring is 1. The second kappa shape index (κ2) is 6.80. The second-order valence-corrected chi connectivity index (χ2v) is 7.26. The van der Waals surface area contributed by atoms with Crippen LogP contribution in [0.25, 0.3) is 0 Å². The minimum Gasteiger partial charge on any atom is -0.477 e. The summed E-state index contributed by atoms with van der Waals surface area (Å²) in [6.45, 7) is 3.56. The Balaban J connectivity index is 1.78. The van der Waals surface area contributed by atoms with Gasteiger partial charge in [0.25, 0.3) is 11.8 Å². The van der Waals surface area contributed by atoms with E-state index in [1.165, 1.54) is 23.2 Å². The average Bonchev–Trinajstić information content (AvgIpc) is 3.04. The quantitative estimate of drug-likeness (QED) is 0.231. The van der Waals surface area contributed by atoms with Crippen molar-refractivity contribution in [3.05, 3.63) is 35.0 Å². The summed E-state index contributed by atoms with van der Waals surface area (Å²) < 4.78 is 0. The van der Waals surface area contributed by atoms with Crippen molar-refractivity contribution in [1.82, 2.24) is 15.2 Å². The maximum absolute atomic E-state index is 12.4. The fourth-order valence-corrected chi connectivity index (χ4v) is 4.51. The van der Waals surface area contributed by atoms with Crippen LogP contribution in [0.15, 0.2) is 34.5 Å². The van der Waals surface area contributed by atoms with E-state index in [0.717, 1.165) is 16.2 Å². The lowest BCUT2D eigenvalue weighted by Gasteiger charge is -2.49. The van der Waals surface area contributed by atoms with Gasteiger partial charge in [0.1, 0.15) is 22.8 Å². The van der Waals surface area contributed by atoms with Crippen LogP contribution in [-0.2, 0) is 14.4 Å². The molecule has 0 saturated carbocycles. The van der Waals surface area contributed by atoms with Crippen molar-refractivity contribution in [2.45, 2.75) is 11.4 Å². The normalized spacial score (nSPS) is 22.5. The molecule has 0 radical (unpaired) electrons. The maximum atomic E-state index is 12.4. The van der Waals surface area contributed by atoms with Crippen molar-refractivity contribution in [3.63, 3.8) is 0 Å². The Morgan fingerprint density at radius 2 is 2.27 bits per heavy atom. The molecule has 136 valence electrons. The van der Waals surface area contributed by atoms with E-state index in [1.54, 1.807) is 0 Å². The molecule has 26 heavy (non-hydrogen) atoms. The number of thiazole rings is 1. The van der Waals surface area contributed by atoms with Gasteiger partial charge in [-0.05, 0) is 5.57 Å². The number of amides is 2. The van der Waals surface area contributed by atoms with Crippen LogP contribution < -0.4 is 11.1 Å². The number of fused-ring (bicyclic) bond motifs is 1. The molecule has 5 N–H and O–H groups in total. The van der Waals surface area contributed by atoms with E-state index >= 15 is 0 Å². The number of aromatic nitrogens is 1. The van der Waals surface area contributed by atoms with Crippen LogP contribution in [0.5, 0.6) is 0 Å². The molecule has 1 aromatic heterocycles. The van der Waals surface area contributed by atoms with Crippen LogP contribution in [0.4, 0.5) is 5.13 Å². The van der Waals surface area contributed by atoms with E-state index in [1.807, 2.05) is 0 Å². The van der Waals surface area contributed by atoms with Crippen LogP contribution in [0.2, 0.25) is 0 Å². The minimum atomic E-state index is -1.24. The monoisotopic (exact) mass is 395 g/mol. The number of carbonyl (C=O) groups is 3. The fourth-order valence-electron chi connectivity index (χ4n) is 2.62. The summed E-state index contributed by atoms with van der Waals surface area (Å²) >= 11 is 2.37. The predicted octanol–water partition coefficient (Wildman–Crippen LogP) is -0.172. The lowest BCUT2D eigenvalue weighted by atomic mass is 10.0. The zero-order valence-corrected chi connectivity index (χ0v) is 14.7. The zero-order chi connectivity index (χ0) is 19.0. The summed E-state index contributed by atoms with van der Waals surface area (Å²) in [5.74, 6) is -2.27. The Labute approximate surface area is 155 Å². The van der Waals surface area contributed by atoms with Crippen LogP contribution in [0.1, 0.15) is 5.69 Å². The molecule has 2 aliphatic rings. The Kier molecular flexibility index (Phi) is 4.70. The smallest absolute Gasteiger partial charge is 0.352 e. The van der Waals surface area contributed by atoms with Gasteiger partial charge in [-0.25, -0.2) is 9.78 Å². The van der Waals surface area contributed by atoms with Crippen molar-refractivity contribution in [3.8, 4) is 0 Å². The van der Waals surface area contributed by atoms with Gasteiger partial charge in [-0.2, -0.15) is 0 Å². The van der Waals surface area contributed by atoms with Gasteiger partial charge in [-0.15, -0.1) is 23.1 Å². The fraction of sp³-hybridized carbons (Fsp3) is 0.214. The Hall–Kier alpha value is -2.86. The summed E-state index contributed by atoms with van der Waals surface area (Å²) in [5.41, 5.74) is 5.49. The summed E-state index contributed by atoms with van der Waals surface area (Å²) in [7, 11) is 0. The standard InChI is InChI=1S/C14H13N5O5S2/c1-2-5-3-25-12-8(11(21)19(12)9(5)13(22)23)17-10(20)7(18-24)6-4-26-14(15)16-6/h2,4,8,12,24H,1,3H2,(H2,15,16)(H,17,20)(H,22,23)/t8-,12+/m0/s1. The molecular formula is C14H13N5O5S2. The SMILES string of the molecule is C=CC1=C(C(=O)O)N2C(=O)[C@H](NC(=O)C(=NO)c3csc(N)n3)[C@H]2SC1. The van der Waals surface area contributed by atoms with Gasteiger partial charge < -0.3 is 21.4 Å². The maximum Gasteiger partial charge on any atom is 0.352 e. The molecule has 3 rings (SSSR count). The number of hydrogen-bond acceptors (Lipinski definition) is 9. The molecule has 0 spiro atoms. The van der Waals surface area contributed by atoms with Gasteiger partial charge in [0.15, 0.2) is 10.8 Å². The minimum absolute atomic E-state index is 0.0764. The van der Waals surface area contributed by atoms with Gasteiger partial charge >= 0.3 is 5.97 Å². The third-order valence-electron chi connectivity index (χ3n) is 3.81. The average molecular weight is 395 g/mol. The van der Waals surface area contributed by atoms with Gasteiger partial charge in [0.05, 0.1) is 0 Å². The van der Waals surface area contributed by atoms with Crippen molar-refractivity contribution < 1.29 is 24.7 Å². The topological polar surface area (TPSA) is 158 Å². The van der Waals surface area contributed by atoms with Crippen molar-refractivity contribution in [1.29, 1.82) is 0 Å². The van der Waals surface area contributed by atoms with Crippen LogP contribution in [0, 0.1) is 0 Å². The van der Waals surface area contributed by atoms with Crippen molar-refractivity contribution in [2.24, 2.45) is 5.16 Å². The summed E-state index contributed by atoms with van der Waals surface area (Å²) in [4.78, 5) is 41.2. The number of carbonyl (C=O) groups excluding carboxylic acids is 2. The van der Waals surface area contributed by atoms with Gasteiger partial charge in [0.2, 0.25) is 0 Å². The van der Waals surface area contributed by atoms with E-state index in [0.29, 0.717) is 11.3 Å². The van der Waals surface area contributed by atoms with Crippen molar-refractivity contribution in [2.75, 3.05) is 11.5 Å². The number of rotatable bonds is 5. The first-order valence-electron chi connectivity index (χ1n) is 7.16. The second-order valence-electron chi connectivity index (χ2n) is 5.26. The molecule has 1 aromatic rings. The number of carboxylic acid groups (broad SMARTS) is 1. The number of nitrogens with one attached hydrogen (secondary N) is 1. The number of anilines is 1. The molecule has 1 saturated heterocycles. The predicted molar refractivity (Wildman–Crippen MR) is 94.7 cm³/mol. The Morgan fingerprint density at radius 1 is 1.54 bits per heavy atom. The van der Waals surface area contributed by atoms with Crippen LogP contribution >= 0.6 is 23.1 Å². The highest BCUT2D eigenvalue weighted by Gasteiger charge is 2.54. The highest BCUT2D eigenvalue weighted by atomic mass is 32.2. The van der Waals surface area contributed by atoms with Crippen LogP contribution in [0.3, 0.4) is 0 Å². The molecule has 0 aliphatic carbocycles. The summed E-state index contributed by atoms with van der Waals surface area (Å²) in [6.07, 6.45) is 1.40. The lowest BCUT2D eigenvalue weighted by Crippen LogP contribution is -2.71. The summed E-state index contributed by atoms with van der Waals surface area (Å²) in [6, 6.07) is -0.944. The van der Waals surface area contributed by atoms with E-state index in [4.69, 9.17) is 10.9 Å². The van der Waals surface area contributed by atoms with Crippen molar-refractivity contribution >= 4 is 51.7 Å². The molecule has 0 aromatic carbocycles. The van der Waals surface area contributed by atoms with Gasteiger partial charge in [-0.1, -0.05) is 17.8 Å². The molecule has 1 fully saturated rings. The molecule has 0 unspecified atom stereocenters. The molecular weight excluding hydrogens is 382 g/mol. The lowest BCUT2D eigenvalue weighted by molar-refractivity contribution is -0.150. The number of oxime groups is 1.